The Bertz CT molecular complexity index is 955. The van der Waals surface area contributed by atoms with Crippen molar-refractivity contribution in [3.8, 4) is 0 Å². The third-order valence-electron chi connectivity index (χ3n) is 5.00. The lowest BCUT2D eigenvalue weighted by Crippen LogP contribution is -2.33. The summed E-state index contributed by atoms with van der Waals surface area (Å²) in [6.07, 6.45) is 6.46. The van der Waals surface area contributed by atoms with E-state index in [1.54, 1.807) is 11.1 Å². The van der Waals surface area contributed by atoms with Crippen molar-refractivity contribution in [3.63, 3.8) is 0 Å². The second kappa shape index (κ2) is 7.42. The average molecular weight is 368 g/mol. The third-order valence-corrected chi connectivity index (χ3v) is 5.00. The van der Waals surface area contributed by atoms with Crippen molar-refractivity contribution in [2.45, 2.75) is 39.8 Å². The number of amides is 1. The van der Waals surface area contributed by atoms with Crippen LogP contribution in [-0.2, 0) is 20.0 Å². The normalized spacial score (nSPS) is 11.4. The van der Waals surface area contributed by atoms with Gasteiger partial charge < -0.3 is 14.4 Å². The second-order valence-electron chi connectivity index (χ2n) is 7.20. The van der Waals surface area contributed by atoms with Crippen LogP contribution in [0.1, 0.15) is 42.6 Å². The number of anilines is 1. The van der Waals surface area contributed by atoms with E-state index in [1.807, 2.05) is 68.5 Å². The largest absolute Gasteiger partial charge is 0.352 e. The van der Waals surface area contributed by atoms with Gasteiger partial charge in [-0.15, -0.1) is 0 Å². The van der Waals surface area contributed by atoms with Crippen LogP contribution in [0.2, 0.25) is 0 Å². The standard InChI is InChI=1S/C20H28N6O/c1-7-16-19(24(5)13-18-21-10-11-23(18)4)26-12-15(8-9-17(26)22-16)20(27)25(6)14(2)3/h8-12,14H,7,13H2,1-6H3. The zero-order valence-corrected chi connectivity index (χ0v) is 17.0. The van der Waals surface area contributed by atoms with E-state index in [9.17, 15) is 4.79 Å². The molecule has 3 heterocycles. The first-order valence-corrected chi connectivity index (χ1v) is 9.29. The molecule has 0 unspecified atom stereocenters. The molecule has 3 rings (SSSR count). The molecule has 144 valence electrons. The summed E-state index contributed by atoms with van der Waals surface area (Å²) in [7, 11) is 5.85. The van der Waals surface area contributed by atoms with Crippen molar-refractivity contribution in [2.75, 3.05) is 19.0 Å². The molecule has 3 aromatic rings. The van der Waals surface area contributed by atoms with Crippen LogP contribution in [0.25, 0.3) is 5.65 Å². The molecule has 7 nitrogen and oxygen atoms in total. The Morgan fingerprint density at radius 3 is 2.59 bits per heavy atom. The van der Waals surface area contributed by atoms with Crippen molar-refractivity contribution in [1.29, 1.82) is 0 Å². The molecular weight excluding hydrogens is 340 g/mol. The maximum absolute atomic E-state index is 12.8. The molecule has 3 aromatic heterocycles. The molecule has 0 aliphatic rings. The van der Waals surface area contributed by atoms with Gasteiger partial charge in [0, 0.05) is 45.8 Å². The first-order chi connectivity index (χ1) is 12.8. The number of aryl methyl sites for hydroxylation is 2. The van der Waals surface area contributed by atoms with Gasteiger partial charge in [0.15, 0.2) is 0 Å². The third kappa shape index (κ3) is 3.54. The highest BCUT2D eigenvalue weighted by Gasteiger charge is 2.20. The number of nitrogens with zero attached hydrogens (tertiary/aromatic N) is 6. The summed E-state index contributed by atoms with van der Waals surface area (Å²) >= 11 is 0. The number of carbonyl (C=O) groups is 1. The van der Waals surface area contributed by atoms with Gasteiger partial charge in [0.25, 0.3) is 5.91 Å². The maximum Gasteiger partial charge on any atom is 0.255 e. The Kier molecular flexibility index (Phi) is 5.21. The molecule has 0 aromatic carbocycles. The smallest absolute Gasteiger partial charge is 0.255 e. The predicted molar refractivity (Wildman–Crippen MR) is 107 cm³/mol. The molecule has 0 aliphatic heterocycles. The zero-order valence-electron chi connectivity index (χ0n) is 17.0. The van der Waals surface area contributed by atoms with E-state index in [1.165, 1.54) is 0 Å². The number of fused-ring (bicyclic) bond motifs is 1. The number of imidazole rings is 2. The van der Waals surface area contributed by atoms with E-state index in [2.05, 4.69) is 16.8 Å². The Balaban J connectivity index is 2.03. The van der Waals surface area contributed by atoms with Crippen molar-refractivity contribution >= 4 is 17.4 Å². The Hall–Kier alpha value is -2.83. The lowest BCUT2D eigenvalue weighted by Gasteiger charge is -2.22. The minimum atomic E-state index is 0.0105. The fraction of sp³-hybridized carbons (Fsp3) is 0.450. The number of aromatic nitrogens is 4. The molecule has 0 fully saturated rings. The fourth-order valence-electron chi connectivity index (χ4n) is 3.12. The molecule has 7 heteroatoms. The quantitative estimate of drug-likeness (QED) is 0.671. The van der Waals surface area contributed by atoms with Gasteiger partial charge in [-0.1, -0.05) is 6.92 Å². The van der Waals surface area contributed by atoms with Crippen molar-refractivity contribution in [2.24, 2.45) is 7.05 Å². The lowest BCUT2D eigenvalue weighted by atomic mass is 10.2. The first-order valence-electron chi connectivity index (χ1n) is 9.29. The van der Waals surface area contributed by atoms with Crippen LogP contribution in [0, 0.1) is 0 Å². The summed E-state index contributed by atoms with van der Waals surface area (Å²) in [6, 6.07) is 3.91. The Morgan fingerprint density at radius 2 is 2.00 bits per heavy atom. The Morgan fingerprint density at radius 1 is 1.26 bits per heavy atom. The highest BCUT2D eigenvalue weighted by molar-refractivity contribution is 5.94. The summed E-state index contributed by atoms with van der Waals surface area (Å²) < 4.78 is 4.03. The Labute approximate surface area is 160 Å². The number of pyridine rings is 1. The van der Waals surface area contributed by atoms with Crippen molar-refractivity contribution in [3.05, 3.63) is 47.8 Å². The van der Waals surface area contributed by atoms with Gasteiger partial charge in [0.2, 0.25) is 0 Å². The molecule has 0 radical (unpaired) electrons. The predicted octanol–water partition coefficient (Wildman–Crippen LogP) is 2.75. The minimum Gasteiger partial charge on any atom is -0.352 e. The highest BCUT2D eigenvalue weighted by atomic mass is 16.2. The monoisotopic (exact) mass is 368 g/mol. The van der Waals surface area contributed by atoms with Gasteiger partial charge in [0.1, 0.15) is 17.3 Å². The summed E-state index contributed by atoms with van der Waals surface area (Å²) in [5.41, 5.74) is 2.51. The molecule has 0 saturated carbocycles. The van der Waals surface area contributed by atoms with Gasteiger partial charge in [-0.25, -0.2) is 9.97 Å². The number of carbonyl (C=O) groups excluding carboxylic acids is 1. The summed E-state index contributed by atoms with van der Waals surface area (Å²) in [4.78, 5) is 25.8. The van der Waals surface area contributed by atoms with Crippen LogP contribution in [0.5, 0.6) is 0 Å². The topological polar surface area (TPSA) is 58.7 Å². The number of hydrogen-bond acceptors (Lipinski definition) is 4. The second-order valence-corrected chi connectivity index (χ2v) is 7.20. The van der Waals surface area contributed by atoms with Gasteiger partial charge in [-0.05, 0) is 32.4 Å². The number of rotatable bonds is 6. The van der Waals surface area contributed by atoms with E-state index in [0.717, 1.165) is 29.4 Å². The first kappa shape index (κ1) is 18.9. The lowest BCUT2D eigenvalue weighted by molar-refractivity contribution is 0.0754. The summed E-state index contributed by atoms with van der Waals surface area (Å²) in [5.74, 6) is 1.98. The zero-order chi connectivity index (χ0) is 19.7. The van der Waals surface area contributed by atoms with Gasteiger partial charge in [-0.2, -0.15) is 0 Å². The van der Waals surface area contributed by atoms with Gasteiger partial charge in [0.05, 0.1) is 17.8 Å². The van der Waals surface area contributed by atoms with Crippen LogP contribution in [0.4, 0.5) is 5.82 Å². The van der Waals surface area contributed by atoms with Crippen LogP contribution >= 0.6 is 0 Å². The molecule has 0 atom stereocenters. The van der Waals surface area contributed by atoms with Crippen LogP contribution in [0.3, 0.4) is 0 Å². The van der Waals surface area contributed by atoms with Crippen LogP contribution in [0.15, 0.2) is 30.7 Å². The molecule has 27 heavy (non-hydrogen) atoms. The number of hydrogen-bond donors (Lipinski definition) is 0. The van der Waals surface area contributed by atoms with E-state index in [-0.39, 0.29) is 11.9 Å². The molecule has 0 saturated heterocycles. The van der Waals surface area contributed by atoms with Crippen LogP contribution < -0.4 is 4.90 Å². The van der Waals surface area contributed by atoms with Crippen LogP contribution in [-0.4, -0.2) is 49.9 Å². The van der Waals surface area contributed by atoms with E-state index in [4.69, 9.17) is 4.98 Å². The molecule has 0 spiro atoms. The van der Waals surface area contributed by atoms with E-state index < -0.39 is 0 Å². The molecule has 0 aliphatic carbocycles. The molecule has 0 N–H and O–H groups in total. The average Bonchev–Trinajstić information content (AvgIpc) is 3.22. The van der Waals surface area contributed by atoms with Gasteiger partial charge in [-0.3, -0.25) is 9.20 Å². The SMILES string of the molecule is CCc1nc2ccc(C(=O)N(C)C(C)C)cn2c1N(C)Cc1nccn1C. The van der Waals surface area contributed by atoms with E-state index >= 15 is 0 Å². The molecule has 0 bridgehead atoms. The highest BCUT2D eigenvalue weighted by Crippen LogP contribution is 2.24. The maximum atomic E-state index is 12.8. The van der Waals surface area contributed by atoms with Crippen molar-refractivity contribution < 1.29 is 4.79 Å². The van der Waals surface area contributed by atoms with E-state index in [0.29, 0.717) is 12.1 Å². The fourth-order valence-corrected chi connectivity index (χ4v) is 3.12. The molecule has 1 amide bonds. The summed E-state index contributed by atoms with van der Waals surface area (Å²) in [6.45, 7) is 6.77. The van der Waals surface area contributed by atoms with Crippen molar-refractivity contribution in [1.82, 2.24) is 23.8 Å². The molecular formula is C20H28N6O. The van der Waals surface area contributed by atoms with Gasteiger partial charge >= 0.3 is 0 Å². The summed E-state index contributed by atoms with van der Waals surface area (Å²) in [5, 5.41) is 0. The minimum absolute atomic E-state index is 0.0105.